The molecule has 0 N–H and O–H groups in total. The Morgan fingerprint density at radius 3 is 3.16 bits per heavy atom. The minimum Gasteiger partial charge on any atom is -0.334 e. The maximum Gasteiger partial charge on any atom is 0.133 e. The van der Waals surface area contributed by atoms with E-state index in [1.165, 1.54) is 0 Å². The van der Waals surface area contributed by atoms with Gasteiger partial charge in [-0.2, -0.15) is 5.26 Å². The fraction of sp³-hybridized carbons (Fsp3) is 0.533. The van der Waals surface area contributed by atoms with Gasteiger partial charge < -0.3 is 4.57 Å². The average Bonchev–Trinajstić information content (AvgIpc) is 2.81. The standard InChI is InChI=1S/C15H17N3O/c16-8-11-4-5-14-15(7-11)18(10-17-14)9-12-2-1-3-13(19)6-12/h4-5,10-12H,1-3,6-7,9H2. The number of rotatable bonds is 2. The molecule has 2 aliphatic carbocycles. The first-order valence-corrected chi connectivity index (χ1v) is 6.90. The molecule has 2 aliphatic rings. The lowest BCUT2D eigenvalue weighted by molar-refractivity contribution is -0.121. The van der Waals surface area contributed by atoms with Crippen LogP contribution in [0.3, 0.4) is 0 Å². The molecule has 1 aromatic rings. The van der Waals surface area contributed by atoms with Gasteiger partial charge >= 0.3 is 0 Å². The molecule has 1 saturated carbocycles. The van der Waals surface area contributed by atoms with Crippen molar-refractivity contribution in [1.82, 2.24) is 9.55 Å². The van der Waals surface area contributed by atoms with E-state index >= 15 is 0 Å². The van der Waals surface area contributed by atoms with Gasteiger partial charge in [0.25, 0.3) is 0 Å². The Hall–Kier alpha value is -1.89. The van der Waals surface area contributed by atoms with Crippen molar-refractivity contribution in [2.45, 2.75) is 38.6 Å². The van der Waals surface area contributed by atoms with Gasteiger partial charge in [-0.3, -0.25) is 4.79 Å². The number of nitriles is 1. The highest BCUT2D eigenvalue weighted by molar-refractivity contribution is 5.79. The number of fused-ring (bicyclic) bond motifs is 1. The molecule has 0 amide bonds. The zero-order valence-electron chi connectivity index (χ0n) is 10.9. The number of hydrogen-bond acceptors (Lipinski definition) is 3. The number of Topliss-reactive ketones (excluding diaryl/α,β-unsaturated/α-hetero) is 1. The number of nitrogens with zero attached hydrogens (tertiary/aromatic N) is 3. The largest absolute Gasteiger partial charge is 0.334 e. The summed E-state index contributed by atoms with van der Waals surface area (Å²) in [6, 6.07) is 2.29. The maximum atomic E-state index is 11.5. The summed E-state index contributed by atoms with van der Waals surface area (Å²) < 4.78 is 2.15. The van der Waals surface area contributed by atoms with Crippen LogP contribution in [0.5, 0.6) is 0 Å². The molecule has 2 atom stereocenters. The van der Waals surface area contributed by atoms with Crippen molar-refractivity contribution in [1.29, 1.82) is 5.26 Å². The number of allylic oxidation sites excluding steroid dienone is 1. The Balaban J connectivity index is 1.76. The summed E-state index contributed by atoms with van der Waals surface area (Å²) in [5, 5.41) is 9.03. The zero-order chi connectivity index (χ0) is 13.2. The van der Waals surface area contributed by atoms with Crippen LogP contribution in [-0.2, 0) is 17.8 Å². The van der Waals surface area contributed by atoms with Gasteiger partial charge in [0.2, 0.25) is 0 Å². The third-order valence-electron chi connectivity index (χ3n) is 4.08. The molecule has 2 unspecified atom stereocenters. The van der Waals surface area contributed by atoms with Crippen LogP contribution in [0, 0.1) is 23.2 Å². The molecular formula is C15H17N3O. The van der Waals surface area contributed by atoms with E-state index in [1.54, 1.807) is 0 Å². The quantitative estimate of drug-likeness (QED) is 0.815. The molecule has 1 aromatic heterocycles. The second-order valence-corrected chi connectivity index (χ2v) is 5.53. The summed E-state index contributed by atoms with van der Waals surface area (Å²) in [4.78, 5) is 15.9. The summed E-state index contributed by atoms with van der Waals surface area (Å²) in [5.74, 6) is 0.780. The first kappa shape index (κ1) is 12.2. The molecule has 0 radical (unpaired) electrons. The molecule has 0 saturated heterocycles. The third-order valence-corrected chi connectivity index (χ3v) is 4.08. The van der Waals surface area contributed by atoms with Crippen molar-refractivity contribution in [3.63, 3.8) is 0 Å². The molecule has 0 aromatic carbocycles. The van der Waals surface area contributed by atoms with Crippen LogP contribution in [0.15, 0.2) is 12.4 Å². The first-order valence-electron chi connectivity index (χ1n) is 6.90. The molecular weight excluding hydrogens is 238 g/mol. The van der Waals surface area contributed by atoms with Gasteiger partial charge in [-0.25, -0.2) is 4.98 Å². The highest BCUT2D eigenvalue weighted by Gasteiger charge is 2.23. The van der Waals surface area contributed by atoms with E-state index in [0.29, 0.717) is 18.1 Å². The highest BCUT2D eigenvalue weighted by atomic mass is 16.1. The lowest BCUT2D eigenvalue weighted by Gasteiger charge is -2.23. The van der Waals surface area contributed by atoms with Gasteiger partial charge in [0.05, 0.1) is 24.0 Å². The average molecular weight is 255 g/mol. The minimum atomic E-state index is -0.0454. The van der Waals surface area contributed by atoms with Gasteiger partial charge in [0.1, 0.15) is 5.78 Å². The van der Waals surface area contributed by atoms with E-state index < -0.39 is 0 Å². The summed E-state index contributed by atoms with van der Waals surface area (Å²) >= 11 is 0. The van der Waals surface area contributed by atoms with Crippen LogP contribution in [0.2, 0.25) is 0 Å². The maximum absolute atomic E-state index is 11.5. The lowest BCUT2D eigenvalue weighted by atomic mass is 9.88. The van der Waals surface area contributed by atoms with E-state index in [4.69, 9.17) is 5.26 Å². The number of hydrogen-bond donors (Lipinski definition) is 0. The van der Waals surface area contributed by atoms with Crippen LogP contribution in [0.4, 0.5) is 0 Å². The van der Waals surface area contributed by atoms with Crippen molar-refractivity contribution >= 4 is 11.9 Å². The molecule has 0 bridgehead atoms. The normalized spacial score (nSPS) is 25.9. The van der Waals surface area contributed by atoms with Crippen LogP contribution >= 0.6 is 0 Å². The molecule has 3 rings (SSSR count). The third kappa shape index (κ3) is 2.46. The smallest absolute Gasteiger partial charge is 0.133 e. The Bertz CT molecular complexity index is 564. The second-order valence-electron chi connectivity index (χ2n) is 5.53. The molecule has 1 heterocycles. The highest BCUT2D eigenvalue weighted by Crippen LogP contribution is 2.26. The van der Waals surface area contributed by atoms with E-state index in [2.05, 4.69) is 15.6 Å². The number of aromatic nitrogens is 2. The molecule has 1 fully saturated rings. The monoisotopic (exact) mass is 255 g/mol. The summed E-state index contributed by atoms with van der Waals surface area (Å²) in [6.07, 6.45) is 10.0. The summed E-state index contributed by atoms with van der Waals surface area (Å²) in [5.41, 5.74) is 2.13. The van der Waals surface area contributed by atoms with Crippen LogP contribution < -0.4 is 0 Å². The van der Waals surface area contributed by atoms with E-state index in [0.717, 1.165) is 43.6 Å². The number of imidazole rings is 1. The van der Waals surface area contributed by atoms with Crippen molar-refractivity contribution in [2.24, 2.45) is 11.8 Å². The summed E-state index contributed by atoms with van der Waals surface area (Å²) in [7, 11) is 0. The SMILES string of the molecule is N#CC1C=Cc2ncn(CC3CCCC(=O)C3)c2C1. The second kappa shape index (κ2) is 5.00. The summed E-state index contributed by atoms with van der Waals surface area (Å²) in [6.45, 7) is 0.861. The van der Waals surface area contributed by atoms with E-state index in [1.807, 2.05) is 18.5 Å². The van der Waals surface area contributed by atoms with Crippen LogP contribution in [0.25, 0.3) is 6.08 Å². The van der Waals surface area contributed by atoms with Crippen molar-refractivity contribution in [3.8, 4) is 6.07 Å². The fourth-order valence-corrected chi connectivity index (χ4v) is 3.06. The minimum absolute atomic E-state index is 0.0454. The Morgan fingerprint density at radius 2 is 2.37 bits per heavy atom. The Kier molecular flexibility index (Phi) is 3.20. The zero-order valence-corrected chi connectivity index (χ0v) is 10.9. The van der Waals surface area contributed by atoms with E-state index in [9.17, 15) is 4.79 Å². The fourth-order valence-electron chi connectivity index (χ4n) is 3.06. The topological polar surface area (TPSA) is 58.7 Å². The van der Waals surface area contributed by atoms with Crippen molar-refractivity contribution < 1.29 is 4.79 Å². The lowest BCUT2D eigenvalue weighted by Crippen LogP contribution is -2.21. The molecule has 0 aliphatic heterocycles. The molecule has 98 valence electrons. The Morgan fingerprint density at radius 1 is 1.47 bits per heavy atom. The molecule has 19 heavy (non-hydrogen) atoms. The first-order chi connectivity index (χ1) is 9.26. The number of carbonyl (C=O) groups is 1. The van der Waals surface area contributed by atoms with Gasteiger partial charge in [-0.15, -0.1) is 0 Å². The van der Waals surface area contributed by atoms with Crippen LogP contribution in [-0.4, -0.2) is 15.3 Å². The Labute approximate surface area is 112 Å². The van der Waals surface area contributed by atoms with Crippen molar-refractivity contribution in [3.05, 3.63) is 23.8 Å². The van der Waals surface area contributed by atoms with Crippen molar-refractivity contribution in [2.75, 3.05) is 0 Å². The molecule has 0 spiro atoms. The van der Waals surface area contributed by atoms with Gasteiger partial charge in [-0.1, -0.05) is 6.08 Å². The predicted octanol–water partition coefficient (Wildman–Crippen LogP) is 2.35. The predicted molar refractivity (Wildman–Crippen MR) is 71.0 cm³/mol. The number of ketones is 1. The van der Waals surface area contributed by atoms with Crippen LogP contribution in [0.1, 0.15) is 37.1 Å². The van der Waals surface area contributed by atoms with E-state index in [-0.39, 0.29) is 5.92 Å². The van der Waals surface area contributed by atoms with Gasteiger partial charge in [0, 0.05) is 31.5 Å². The molecule has 4 heteroatoms. The molecule has 4 nitrogen and oxygen atoms in total. The van der Waals surface area contributed by atoms with Gasteiger partial charge in [-0.05, 0) is 24.8 Å². The van der Waals surface area contributed by atoms with Gasteiger partial charge in [0.15, 0.2) is 0 Å². The number of carbonyl (C=O) groups excluding carboxylic acids is 1.